The zero-order valence-electron chi connectivity index (χ0n) is 8.92. The molecule has 0 radical (unpaired) electrons. The van der Waals surface area contributed by atoms with E-state index in [0.29, 0.717) is 0 Å². The van der Waals surface area contributed by atoms with Crippen LogP contribution in [0.25, 0.3) is 0 Å². The quantitative estimate of drug-likeness (QED) is 0.249. The zero-order chi connectivity index (χ0) is 13.4. The van der Waals surface area contributed by atoms with Crippen molar-refractivity contribution in [3.8, 4) is 0 Å². The molecule has 0 aliphatic rings. The fourth-order valence-corrected chi connectivity index (χ4v) is 5.10. The van der Waals surface area contributed by atoms with E-state index >= 15 is 0 Å². The number of hydrogen-bond donors (Lipinski definition) is 5. The zero-order valence-corrected chi connectivity index (χ0v) is 13.6. The smallest absolute Gasteiger partial charge is 0.776 e. The molecule has 13 heteroatoms. The van der Waals surface area contributed by atoms with Crippen LogP contribution in [0, 0.1) is 0 Å². The molecule has 96 valence electrons. The average Bonchev–Trinajstić information content (AvgIpc) is 1.99. The predicted molar refractivity (Wildman–Crippen MR) is 51.3 cm³/mol. The molecule has 0 aromatic rings. The molecule has 0 saturated heterocycles. The van der Waals surface area contributed by atoms with E-state index in [1.807, 2.05) is 0 Å². The van der Waals surface area contributed by atoms with Gasteiger partial charge < -0.3 is 34.1 Å². The van der Waals surface area contributed by atoms with Crippen LogP contribution in [0.1, 0.15) is 13.3 Å². The van der Waals surface area contributed by atoms with E-state index in [-0.39, 0.29) is 29.6 Å². The molecule has 0 rings (SSSR count). The van der Waals surface area contributed by atoms with Crippen molar-refractivity contribution in [2.45, 2.75) is 18.4 Å². The van der Waals surface area contributed by atoms with E-state index in [2.05, 4.69) is 0 Å². The molecule has 0 bridgehead atoms. The Morgan fingerprint density at radius 2 is 1.71 bits per heavy atom. The Labute approximate surface area is 120 Å². The summed E-state index contributed by atoms with van der Waals surface area (Å²) in [5, 5.41) is 4.06. The van der Waals surface area contributed by atoms with Crippen LogP contribution in [0.5, 0.6) is 0 Å². The molecule has 0 aliphatic heterocycles. The first kappa shape index (κ1) is 20.7. The van der Waals surface area contributed by atoms with Gasteiger partial charge in [-0.1, -0.05) is 6.92 Å². The van der Waals surface area contributed by atoms with Crippen molar-refractivity contribution in [2.24, 2.45) is 0 Å². The Kier molecular flexibility index (Phi) is 8.12. The Hall–Kier alpha value is 1.35. The molecule has 17 heavy (non-hydrogen) atoms. The van der Waals surface area contributed by atoms with Crippen LogP contribution in [0.3, 0.4) is 0 Å². The third-order valence-electron chi connectivity index (χ3n) is 1.75. The first-order chi connectivity index (χ1) is 6.89. The van der Waals surface area contributed by atoms with Crippen LogP contribution < -0.4 is 39.3 Å². The minimum atomic E-state index is -5.97. The molecule has 0 amide bonds. The van der Waals surface area contributed by atoms with Gasteiger partial charge in [0.15, 0.2) is 12.9 Å². The Bertz CT molecular complexity index is 367. The van der Waals surface area contributed by atoms with E-state index in [1.54, 1.807) is 0 Å². The Morgan fingerprint density at radius 3 is 1.76 bits per heavy atom. The second-order valence-corrected chi connectivity index (χ2v) is 7.63. The summed E-state index contributed by atoms with van der Waals surface area (Å²) in [6.07, 6.45) is -0.611. The second kappa shape index (κ2) is 6.68. The standard InChI is InChI=1S/C4H11O9P3.Na/c1-2-3(14(6)7)4(5,15(8,9)10)16(11,12)13;/h5H,2H2,1H3,(H,6,7)(H2,8,9,10)(H2,11,12,13);/q;+1/p-1. The van der Waals surface area contributed by atoms with E-state index in [1.165, 1.54) is 0 Å². The topological polar surface area (TPSA) is 181 Å². The van der Waals surface area contributed by atoms with Gasteiger partial charge in [-0.2, -0.15) is 4.89 Å². The molecule has 0 aromatic heterocycles. The Morgan fingerprint density at radius 1 is 1.35 bits per heavy atom. The van der Waals surface area contributed by atoms with Crippen LogP contribution >= 0.6 is 23.2 Å². The summed E-state index contributed by atoms with van der Waals surface area (Å²) in [6, 6.07) is 0. The molecule has 0 fully saturated rings. The second-order valence-electron chi connectivity index (χ2n) is 2.77. The first-order valence-electron chi connectivity index (χ1n) is 3.74. The minimum Gasteiger partial charge on any atom is -0.776 e. The molecule has 9 nitrogen and oxygen atoms in total. The van der Waals surface area contributed by atoms with Gasteiger partial charge in [0.2, 0.25) is 8.00 Å². The van der Waals surface area contributed by atoms with Crippen molar-refractivity contribution in [3.05, 3.63) is 0 Å². The first-order valence-corrected chi connectivity index (χ1v) is 8.14. The molecule has 0 aliphatic carbocycles. The van der Waals surface area contributed by atoms with Crippen LogP contribution in [-0.2, 0) is 9.13 Å². The molecule has 0 spiro atoms. The Balaban J connectivity index is 0. The van der Waals surface area contributed by atoms with Crippen LogP contribution in [-0.4, -0.2) is 35.1 Å². The third kappa shape index (κ3) is 4.16. The maximum absolute atomic E-state index is 10.9. The largest absolute Gasteiger partial charge is 1.00 e. The van der Waals surface area contributed by atoms with Gasteiger partial charge in [-0.3, -0.25) is 4.57 Å². The maximum atomic E-state index is 10.9. The van der Waals surface area contributed by atoms with Crippen molar-refractivity contribution < 1.29 is 73.2 Å². The van der Waals surface area contributed by atoms with Gasteiger partial charge in [0.1, 0.15) is 0 Å². The number of rotatable bonds is 4. The molecular formula is C4H10NaO9P3. The van der Waals surface area contributed by atoms with Crippen molar-refractivity contribution in [2.75, 3.05) is 0 Å². The van der Waals surface area contributed by atoms with Gasteiger partial charge >= 0.3 is 37.2 Å². The van der Waals surface area contributed by atoms with Gasteiger partial charge in [-0.25, -0.2) is 0 Å². The van der Waals surface area contributed by atoms with Gasteiger partial charge in [0.25, 0.3) is 5.08 Å². The van der Waals surface area contributed by atoms with Crippen molar-refractivity contribution in [1.82, 2.24) is 0 Å². The summed E-state index contributed by atoms with van der Waals surface area (Å²) in [5.41, 5.74) is 0. The SMILES string of the molecule is CC/C(=[P+](/[O-])O)C(O)(P(=O)([O-])O)P(=O)(O)O.[Na+]. The van der Waals surface area contributed by atoms with Crippen molar-refractivity contribution in [1.29, 1.82) is 0 Å². The average molecular weight is 318 g/mol. The van der Waals surface area contributed by atoms with E-state index < -0.39 is 40.0 Å². The normalized spacial score (nSPS) is 20.7. The van der Waals surface area contributed by atoms with E-state index in [0.717, 1.165) is 6.92 Å². The number of hydrogen-bond acceptors (Lipinski definition) is 6. The fourth-order valence-electron chi connectivity index (χ4n) is 0.997. The van der Waals surface area contributed by atoms with E-state index in [9.17, 15) is 24.0 Å². The van der Waals surface area contributed by atoms with Crippen molar-refractivity contribution >= 4 is 28.5 Å². The summed E-state index contributed by atoms with van der Waals surface area (Å²) in [4.78, 5) is 56.2. The number of aliphatic hydroxyl groups is 1. The molecular weight excluding hydrogens is 308 g/mol. The van der Waals surface area contributed by atoms with E-state index in [4.69, 9.17) is 19.6 Å². The predicted octanol–water partition coefficient (Wildman–Crippen LogP) is -5.39. The maximum Gasteiger partial charge on any atom is 1.00 e. The van der Waals surface area contributed by atoms with Crippen LogP contribution in [0.15, 0.2) is 0 Å². The minimum absolute atomic E-state index is 0. The molecule has 0 aromatic carbocycles. The summed E-state index contributed by atoms with van der Waals surface area (Å²) >= 11 is 0. The summed E-state index contributed by atoms with van der Waals surface area (Å²) in [5.74, 6) is 0. The van der Waals surface area contributed by atoms with Gasteiger partial charge in [-0.15, -0.1) is 0 Å². The third-order valence-corrected chi connectivity index (χ3v) is 6.89. The summed E-state index contributed by atoms with van der Waals surface area (Å²) in [6.45, 7) is 1.09. The molecule has 3 unspecified atom stereocenters. The molecule has 5 N–H and O–H groups in total. The van der Waals surface area contributed by atoms with Crippen molar-refractivity contribution in [3.63, 3.8) is 0 Å². The van der Waals surface area contributed by atoms with Gasteiger partial charge in [0.05, 0.1) is 0 Å². The van der Waals surface area contributed by atoms with Gasteiger partial charge in [0, 0.05) is 6.42 Å². The summed E-state index contributed by atoms with van der Waals surface area (Å²) < 4.78 is 21.6. The molecule has 0 heterocycles. The van der Waals surface area contributed by atoms with Crippen LogP contribution in [0.4, 0.5) is 0 Å². The van der Waals surface area contributed by atoms with Crippen LogP contribution in [0.2, 0.25) is 0 Å². The molecule has 0 saturated carbocycles. The fraction of sp³-hybridized carbons (Fsp3) is 0.750. The van der Waals surface area contributed by atoms with Gasteiger partial charge in [-0.05, 0) is 0 Å². The summed E-state index contributed by atoms with van der Waals surface area (Å²) in [7, 11) is -15.2. The monoisotopic (exact) mass is 318 g/mol. The molecule has 3 atom stereocenters.